The zero-order valence-corrected chi connectivity index (χ0v) is 14.2. The highest BCUT2D eigenvalue weighted by atomic mass is 79.9. The van der Waals surface area contributed by atoms with E-state index in [0.29, 0.717) is 25.4 Å². The Morgan fingerprint density at radius 1 is 1.30 bits per heavy atom. The summed E-state index contributed by atoms with van der Waals surface area (Å²) in [5.74, 6) is 1.42. The molecule has 0 unspecified atom stereocenters. The third-order valence-electron chi connectivity index (χ3n) is 2.71. The van der Waals surface area contributed by atoms with E-state index in [1.165, 1.54) is 0 Å². The second kappa shape index (κ2) is 7.86. The van der Waals surface area contributed by atoms with Crippen LogP contribution in [0.15, 0.2) is 16.6 Å². The molecule has 1 aromatic carbocycles. The lowest BCUT2D eigenvalue weighted by Crippen LogP contribution is -2.22. The van der Waals surface area contributed by atoms with E-state index in [-0.39, 0.29) is 0 Å². The fraction of sp³-hybridized carbons (Fsp3) is 0.600. The maximum absolute atomic E-state index is 9.72. The van der Waals surface area contributed by atoms with Crippen LogP contribution in [-0.4, -0.2) is 31.0 Å². The van der Waals surface area contributed by atoms with Crippen LogP contribution < -0.4 is 14.8 Å². The lowest BCUT2D eigenvalue weighted by Gasteiger charge is -2.19. The number of halogens is 1. The Balaban J connectivity index is 2.87. The Morgan fingerprint density at radius 2 is 2.00 bits per heavy atom. The van der Waals surface area contributed by atoms with Crippen molar-refractivity contribution in [2.45, 2.75) is 39.3 Å². The number of hydrogen-bond donors (Lipinski definition) is 2. The molecule has 0 atom stereocenters. The minimum absolute atomic E-state index is 0.438. The summed E-state index contributed by atoms with van der Waals surface area (Å²) < 4.78 is 12.3. The monoisotopic (exact) mass is 345 g/mol. The third kappa shape index (κ3) is 5.69. The van der Waals surface area contributed by atoms with Crippen molar-refractivity contribution in [1.82, 2.24) is 5.32 Å². The van der Waals surface area contributed by atoms with E-state index in [4.69, 9.17) is 9.47 Å². The minimum atomic E-state index is -0.732. The van der Waals surface area contributed by atoms with Crippen molar-refractivity contribution in [3.05, 3.63) is 22.2 Å². The Hall–Kier alpha value is -0.780. The first-order valence-corrected chi connectivity index (χ1v) is 7.61. The number of hydrogen-bond acceptors (Lipinski definition) is 4. The van der Waals surface area contributed by atoms with Crippen LogP contribution in [0.2, 0.25) is 0 Å². The molecule has 0 aliphatic rings. The molecule has 0 amide bonds. The molecule has 20 heavy (non-hydrogen) atoms. The molecule has 0 fully saturated rings. The van der Waals surface area contributed by atoms with Crippen molar-refractivity contribution in [2.24, 2.45) is 0 Å². The second-order valence-corrected chi connectivity index (χ2v) is 6.13. The van der Waals surface area contributed by atoms with Crippen LogP contribution in [0.5, 0.6) is 11.5 Å². The molecular formula is C15H24BrNO3. The molecule has 0 spiro atoms. The molecule has 0 aromatic heterocycles. The first kappa shape index (κ1) is 17.3. The van der Waals surface area contributed by atoms with Gasteiger partial charge in [-0.25, -0.2) is 0 Å². The van der Waals surface area contributed by atoms with Gasteiger partial charge in [-0.3, -0.25) is 0 Å². The largest absolute Gasteiger partial charge is 0.490 e. The van der Waals surface area contributed by atoms with E-state index in [2.05, 4.69) is 21.2 Å². The quantitative estimate of drug-likeness (QED) is 0.760. The van der Waals surface area contributed by atoms with Gasteiger partial charge in [0.2, 0.25) is 0 Å². The second-order valence-electron chi connectivity index (χ2n) is 5.28. The summed E-state index contributed by atoms with van der Waals surface area (Å²) in [5.41, 5.74) is 0.391. The fourth-order valence-electron chi connectivity index (χ4n) is 1.73. The molecule has 114 valence electrons. The van der Waals surface area contributed by atoms with Crippen LogP contribution >= 0.6 is 15.9 Å². The smallest absolute Gasteiger partial charge is 0.175 e. The minimum Gasteiger partial charge on any atom is -0.490 e. The molecule has 4 nitrogen and oxygen atoms in total. The number of aliphatic hydroxyl groups is 1. The average molecular weight is 346 g/mol. The predicted octanol–water partition coefficient (Wildman–Crippen LogP) is 3.11. The van der Waals surface area contributed by atoms with Gasteiger partial charge in [-0.2, -0.15) is 0 Å². The highest BCUT2D eigenvalue weighted by Crippen LogP contribution is 2.37. The standard InChI is InChI=1S/C15H24BrNO3/c1-5-19-13-9-11(10-17-4)8-12(16)14(13)20-7-6-15(2,3)18/h8-9,17-18H,5-7,10H2,1-4H3. The van der Waals surface area contributed by atoms with Crippen LogP contribution in [0.4, 0.5) is 0 Å². The average Bonchev–Trinajstić information content (AvgIpc) is 2.32. The van der Waals surface area contributed by atoms with E-state index in [9.17, 15) is 5.11 Å². The van der Waals surface area contributed by atoms with Gasteiger partial charge in [0, 0.05) is 13.0 Å². The van der Waals surface area contributed by atoms with Crippen LogP contribution in [0.25, 0.3) is 0 Å². The van der Waals surface area contributed by atoms with E-state index in [1.54, 1.807) is 13.8 Å². The number of benzene rings is 1. The van der Waals surface area contributed by atoms with Crippen molar-refractivity contribution < 1.29 is 14.6 Å². The van der Waals surface area contributed by atoms with Gasteiger partial charge in [-0.05, 0) is 61.4 Å². The molecule has 0 radical (unpaired) electrons. The van der Waals surface area contributed by atoms with Gasteiger partial charge in [0.1, 0.15) is 0 Å². The van der Waals surface area contributed by atoms with Gasteiger partial charge < -0.3 is 19.9 Å². The van der Waals surface area contributed by atoms with Gasteiger partial charge in [0.15, 0.2) is 11.5 Å². The van der Waals surface area contributed by atoms with E-state index in [1.807, 2.05) is 26.1 Å². The molecule has 1 aromatic rings. The summed E-state index contributed by atoms with van der Waals surface area (Å²) in [7, 11) is 1.90. The van der Waals surface area contributed by atoms with Gasteiger partial charge in [0.25, 0.3) is 0 Å². The maximum Gasteiger partial charge on any atom is 0.175 e. The number of nitrogens with one attached hydrogen (secondary N) is 1. The van der Waals surface area contributed by atoms with Gasteiger partial charge in [0.05, 0.1) is 23.3 Å². The number of ether oxygens (including phenoxy) is 2. The van der Waals surface area contributed by atoms with E-state index < -0.39 is 5.60 Å². The molecule has 0 aliphatic heterocycles. The van der Waals surface area contributed by atoms with Crippen molar-refractivity contribution in [2.75, 3.05) is 20.3 Å². The first-order valence-electron chi connectivity index (χ1n) is 6.82. The van der Waals surface area contributed by atoms with Crippen LogP contribution in [0, 0.1) is 0 Å². The molecule has 0 bridgehead atoms. The zero-order chi connectivity index (χ0) is 15.2. The topological polar surface area (TPSA) is 50.7 Å². The Labute approximate surface area is 129 Å². The molecule has 5 heteroatoms. The maximum atomic E-state index is 9.72. The molecule has 0 saturated heterocycles. The van der Waals surface area contributed by atoms with Crippen molar-refractivity contribution in [3.63, 3.8) is 0 Å². The van der Waals surface area contributed by atoms with E-state index in [0.717, 1.165) is 22.3 Å². The van der Waals surface area contributed by atoms with Gasteiger partial charge in [-0.1, -0.05) is 0 Å². The SMILES string of the molecule is CCOc1cc(CNC)cc(Br)c1OCCC(C)(C)O. The molecule has 0 heterocycles. The summed E-state index contributed by atoms with van der Waals surface area (Å²) in [4.78, 5) is 0. The highest BCUT2D eigenvalue weighted by molar-refractivity contribution is 9.10. The lowest BCUT2D eigenvalue weighted by atomic mass is 10.1. The summed E-state index contributed by atoms with van der Waals surface area (Å²) in [6, 6.07) is 3.99. The van der Waals surface area contributed by atoms with Crippen LogP contribution in [0.1, 0.15) is 32.8 Å². The molecule has 0 aliphatic carbocycles. The van der Waals surface area contributed by atoms with Crippen molar-refractivity contribution >= 4 is 15.9 Å². The molecule has 0 saturated carbocycles. The van der Waals surface area contributed by atoms with Gasteiger partial charge >= 0.3 is 0 Å². The Kier molecular flexibility index (Phi) is 6.79. The Bertz CT molecular complexity index is 430. The third-order valence-corrected chi connectivity index (χ3v) is 3.30. The van der Waals surface area contributed by atoms with E-state index >= 15 is 0 Å². The highest BCUT2D eigenvalue weighted by Gasteiger charge is 2.16. The van der Waals surface area contributed by atoms with Crippen molar-refractivity contribution in [3.8, 4) is 11.5 Å². The normalized spacial score (nSPS) is 11.5. The fourth-order valence-corrected chi connectivity index (χ4v) is 2.34. The zero-order valence-electron chi connectivity index (χ0n) is 12.6. The molecule has 2 N–H and O–H groups in total. The molecule has 1 rings (SSSR count). The summed E-state index contributed by atoms with van der Waals surface area (Å²) >= 11 is 3.52. The first-order chi connectivity index (χ1) is 9.37. The van der Waals surface area contributed by atoms with Crippen LogP contribution in [-0.2, 0) is 6.54 Å². The Morgan fingerprint density at radius 3 is 2.55 bits per heavy atom. The van der Waals surface area contributed by atoms with Crippen LogP contribution in [0.3, 0.4) is 0 Å². The predicted molar refractivity (Wildman–Crippen MR) is 84.5 cm³/mol. The molecular weight excluding hydrogens is 322 g/mol. The summed E-state index contributed by atoms with van der Waals surface area (Å²) in [6.45, 7) is 7.27. The van der Waals surface area contributed by atoms with Gasteiger partial charge in [-0.15, -0.1) is 0 Å². The lowest BCUT2D eigenvalue weighted by molar-refractivity contribution is 0.0547. The van der Waals surface area contributed by atoms with Crippen molar-refractivity contribution in [1.29, 1.82) is 0 Å². The summed E-state index contributed by atoms with van der Waals surface area (Å²) in [6.07, 6.45) is 0.559. The number of rotatable bonds is 8. The summed E-state index contributed by atoms with van der Waals surface area (Å²) in [5, 5.41) is 12.8.